The summed E-state index contributed by atoms with van der Waals surface area (Å²) in [5.74, 6) is 0. The standard InChI is InChI=1S/C8H15N/c1-5-6-7-9-8(2,3)4/h5-7H,1-4H3/b6-5+,9-7+. The Morgan fingerprint density at radius 1 is 1.22 bits per heavy atom. The lowest BCUT2D eigenvalue weighted by Gasteiger charge is -2.09. The van der Waals surface area contributed by atoms with E-state index in [-0.39, 0.29) is 5.54 Å². The van der Waals surface area contributed by atoms with Gasteiger partial charge in [-0.25, -0.2) is 0 Å². The van der Waals surface area contributed by atoms with Gasteiger partial charge in [0.1, 0.15) is 0 Å². The van der Waals surface area contributed by atoms with Gasteiger partial charge >= 0.3 is 0 Å². The van der Waals surface area contributed by atoms with Crippen molar-refractivity contribution in [3.63, 3.8) is 0 Å². The second kappa shape index (κ2) is 3.44. The topological polar surface area (TPSA) is 12.4 Å². The van der Waals surface area contributed by atoms with E-state index in [9.17, 15) is 0 Å². The minimum absolute atomic E-state index is 0.0690. The normalized spacial score (nSPS) is 13.8. The van der Waals surface area contributed by atoms with Crippen LogP contribution in [-0.2, 0) is 0 Å². The fourth-order valence-corrected chi connectivity index (χ4v) is 0.353. The van der Waals surface area contributed by atoms with Crippen molar-refractivity contribution in [2.24, 2.45) is 4.99 Å². The minimum Gasteiger partial charge on any atom is -0.287 e. The van der Waals surface area contributed by atoms with Gasteiger partial charge in [-0.3, -0.25) is 4.99 Å². The third kappa shape index (κ3) is 7.41. The maximum Gasteiger partial charge on any atom is 0.0524 e. The lowest BCUT2D eigenvalue weighted by Crippen LogP contribution is -2.08. The number of aliphatic imine (C=N–C) groups is 1. The van der Waals surface area contributed by atoms with Crippen LogP contribution in [0, 0.1) is 0 Å². The van der Waals surface area contributed by atoms with Crippen molar-refractivity contribution < 1.29 is 0 Å². The summed E-state index contributed by atoms with van der Waals surface area (Å²) >= 11 is 0. The van der Waals surface area contributed by atoms with Gasteiger partial charge < -0.3 is 0 Å². The Labute approximate surface area is 57.5 Å². The second-order valence-electron chi connectivity index (χ2n) is 2.97. The predicted octanol–water partition coefficient (Wildman–Crippen LogP) is 2.43. The van der Waals surface area contributed by atoms with Crippen LogP contribution >= 0.6 is 0 Å². The Kier molecular flexibility index (Phi) is 3.21. The molecule has 0 radical (unpaired) electrons. The summed E-state index contributed by atoms with van der Waals surface area (Å²) in [6, 6.07) is 0. The van der Waals surface area contributed by atoms with Gasteiger partial charge in [-0.1, -0.05) is 6.08 Å². The Morgan fingerprint density at radius 3 is 2.11 bits per heavy atom. The maximum atomic E-state index is 4.23. The summed E-state index contributed by atoms with van der Waals surface area (Å²) in [6.07, 6.45) is 5.74. The largest absolute Gasteiger partial charge is 0.287 e. The van der Waals surface area contributed by atoms with E-state index in [2.05, 4.69) is 25.8 Å². The van der Waals surface area contributed by atoms with Gasteiger partial charge in [0.05, 0.1) is 5.54 Å². The third-order valence-corrected chi connectivity index (χ3v) is 0.740. The average Bonchev–Trinajstić information content (AvgIpc) is 1.63. The van der Waals surface area contributed by atoms with Crippen LogP contribution in [0.4, 0.5) is 0 Å². The van der Waals surface area contributed by atoms with Crippen molar-refractivity contribution in [2.45, 2.75) is 33.2 Å². The minimum atomic E-state index is 0.0690. The molecule has 0 saturated carbocycles. The molecule has 0 aliphatic carbocycles. The number of hydrogen-bond acceptors (Lipinski definition) is 1. The zero-order valence-corrected chi connectivity index (χ0v) is 6.68. The summed E-state index contributed by atoms with van der Waals surface area (Å²) < 4.78 is 0. The first-order valence-corrected chi connectivity index (χ1v) is 3.23. The molecule has 0 aromatic heterocycles. The fraction of sp³-hybridized carbons (Fsp3) is 0.625. The Balaban J connectivity index is 3.71. The lowest BCUT2D eigenvalue weighted by molar-refractivity contribution is 0.587. The van der Waals surface area contributed by atoms with Gasteiger partial charge in [-0.05, 0) is 33.8 Å². The predicted molar refractivity (Wildman–Crippen MR) is 43.1 cm³/mol. The molecule has 0 aliphatic rings. The molecular formula is C8H15N. The maximum absolute atomic E-state index is 4.23. The molecule has 0 saturated heterocycles. The van der Waals surface area contributed by atoms with Crippen LogP contribution in [0.1, 0.15) is 27.7 Å². The Morgan fingerprint density at radius 2 is 1.78 bits per heavy atom. The van der Waals surface area contributed by atoms with Crippen molar-refractivity contribution >= 4 is 6.21 Å². The molecule has 0 atom stereocenters. The molecule has 1 heteroatoms. The molecule has 0 aromatic carbocycles. The first kappa shape index (κ1) is 8.41. The molecule has 0 fully saturated rings. The van der Waals surface area contributed by atoms with Crippen LogP contribution in [0.2, 0.25) is 0 Å². The van der Waals surface area contributed by atoms with Crippen molar-refractivity contribution in [1.82, 2.24) is 0 Å². The van der Waals surface area contributed by atoms with Crippen LogP contribution in [0.5, 0.6) is 0 Å². The highest BCUT2D eigenvalue weighted by Gasteiger charge is 2.02. The number of nitrogens with zero attached hydrogens (tertiary/aromatic N) is 1. The monoisotopic (exact) mass is 125 g/mol. The van der Waals surface area contributed by atoms with Gasteiger partial charge in [0.25, 0.3) is 0 Å². The molecule has 1 nitrogen and oxygen atoms in total. The van der Waals surface area contributed by atoms with E-state index in [0.29, 0.717) is 0 Å². The number of hydrogen-bond donors (Lipinski definition) is 0. The van der Waals surface area contributed by atoms with Gasteiger partial charge in [-0.15, -0.1) is 0 Å². The first-order chi connectivity index (χ1) is 4.06. The van der Waals surface area contributed by atoms with Crippen molar-refractivity contribution in [2.75, 3.05) is 0 Å². The molecule has 0 unspecified atom stereocenters. The van der Waals surface area contributed by atoms with Gasteiger partial charge in [0, 0.05) is 6.21 Å². The SMILES string of the molecule is C/C=C/C=N/C(C)(C)C. The summed E-state index contributed by atoms with van der Waals surface area (Å²) in [4.78, 5) is 4.23. The van der Waals surface area contributed by atoms with E-state index < -0.39 is 0 Å². The van der Waals surface area contributed by atoms with E-state index in [1.165, 1.54) is 0 Å². The highest BCUT2D eigenvalue weighted by atomic mass is 14.8. The second-order valence-corrected chi connectivity index (χ2v) is 2.97. The molecule has 0 spiro atoms. The summed E-state index contributed by atoms with van der Waals surface area (Å²) in [5, 5.41) is 0. The Hall–Kier alpha value is -0.590. The molecule has 0 aliphatic heterocycles. The van der Waals surface area contributed by atoms with Crippen LogP contribution in [-0.4, -0.2) is 11.8 Å². The number of rotatable bonds is 1. The first-order valence-electron chi connectivity index (χ1n) is 3.23. The van der Waals surface area contributed by atoms with E-state index in [1.807, 2.05) is 25.3 Å². The van der Waals surface area contributed by atoms with E-state index in [1.54, 1.807) is 0 Å². The van der Waals surface area contributed by atoms with Crippen LogP contribution in [0.15, 0.2) is 17.1 Å². The molecule has 0 N–H and O–H groups in total. The van der Waals surface area contributed by atoms with Gasteiger partial charge in [-0.2, -0.15) is 0 Å². The summed E-state index contributed by atoms with van der Waals surface area (Å²) in [6.45, 7) is 8.21. The van der Waals surface area contributed by atoms with Crippen molar-refractivity contribution in [3.8, 4) is 0 Å². The van der Waals surface area contributed by atoms with E-state index in [4.69, 9.17) is 0 Å². The highest BCUT2D eigenvalue weighted by molar-refractivity contribution is 5.71. The lowest BCUT2D eigenvalue weighted by atomic mass is 10.1. The quantitative estimate of drug-likeness (QED) is 0.477. The fourth-order valence-electron chi connectivity index (χ4n) is 0.353. The molecule has 0 bridgehead atoms. The van der Waals surface area contributed by atoms with Crippen LogP contribution in [0.25, 0.3) is 0 Å². The van der Waals surface area contributed by atoms with Crippen LogP contribution < -0.4 is 0 Å². The molecule has 0 rings (SSSR count). The zero-order chi connectivity index (χ0) is 7.33. The molecule has 0 aromatic rings. The zero-order valence-electron chi connectivity index (χ0n) is 6.68. The van der Waals surface area contributed by atoms with Crippen LogP contribution in [0.3, 0.4) is 0 Å². The van der Waals surface area contributed by atoms with Crippen molar-refractivity contribution in [1.29, 1.82) is 0 Å². The highest BCUT2D eigenvalue weighted by Crippen LogP contribution is 2.03. The van der Waals surface area contributed by atoms with E-state index in [0.717, 1.165) is 0 Å². The number of allylic oxidation sites excluding steroid dienone is 2. The molecule has 0 amide bonds. The molecular weight excluding hydrogens is 110 g/mol. The Bertz CT molecular complexity index is 115. The smallest absolute Gasteiger partial charge is 0.0524 e. The third-order valence-electron chi connectivity index (χ3n) is 0.740. The summed E-state index contributed by atoms with van der Waals surface area (Å²) in [5.41, 5.74) is 0.0690. The van der Waals surface area contributed by atoms with E-state index >= 15 is 0 Å². The summed E-state index contributed by atoms with van der Waals surface area (Å²) in [7, 11) is 0. The molecule has 9 heavy (non-hydrogen) atoms. The average molecular weight is 125 g/mol. The van der Waals surface area contributed by atoms with Gasteiger partial charge in [0.2, 0.25) is 0 Å². The van der Waals surface area contributed by atoms with Crippen molar-refractivity contribution in [3.05, 3.63) is 12.2 Å². The molecule has 52 valence electrons. The molecule has 0 heterocycles. The van der Waals surface area contributed by atoms with Gasteiger partial charge in [0.15, 0.2) is 0 Å².